The fourth-order valence-corrected chi connectivity index (χ4v) is 3.51. The van der Waals surface area contributed by atoms with Crippen LogP contribution in [0.5, 0.6) is 5.75 Å². The molecule has 0 radical (unpaired) electrons. The summed E-state index contributed by atoms with van der Waals surface area (Å²) in [6.07, 6.45) is -3.38. The van der Waals surface area contributed by atoms with Crippen LogP contribution in [-0.4, -0.2) is 50.9 Å². The van der Waals surface area contributed by atoms with Crippen molar-refractivity contribution < 1.29 is 28.1 Å². The lowest BCUT2D eigenvalue weighted by Crippen LogP contribution is -2.47. The highest BCUT2D eigenvalue weighted by Crippen LogP contribution is 2.27. The van der Waals surface area contributed by atoms with Crippen LogP contribution in [0.2, 0.25) is 0 Å². The number of ether oxygens (including phenoxy) is 1. The summed E-state index contributed by atoms with van der Waals surface area (Å²) in [5.74, 6) is -0.496. The summed E-state index contributed by atoms with van der Waals surface area (Å²) in [7, 11) is 0. The molecule has 2 aromatic rings. The Morgan fingerprint density at radius 3 is 2.86 bits per heavy atom. The van der Waals surface area contributed by atoms with E-state index in [1.807, 2.05) is 0 Å². The second-order valence-corrected chi connectivity index (χ2v) is 7.05. The van der Waals surface area contributed by atoms with Crippen molar-refractivity contribution in [3.63, 3.8) is 0 Å². The first-order valence-corrected chi connectivity index (χ1v) is 8.99. The van der Waals surface area contributed by atoms with Gasteiger partial charge in [0.15, 0.2) is 0 Å². The third kappa shape index (κ3) is 4.81. The van der Waals surface area contributed by atoms with Gasteiger partial charge in [-0.3, -0.25) is 9.36 Å². The van der Waals surface area contributed by atoms with E-state index in [4.69, 9.17) is 0 Å². The number of hydrogen-bond acceptors (Lipinski definition) is 6. The number of halogens is 3. The lowest BCUT2D eigenvalue weighted by Gasteiger charge is -2.30. The molecule has 0 spiro atoms. The zero-order valence-corrected chi connectivity index (χ0v) is 15.2. The zero-order chi connectivity index (χ0) is 20.5. The third-order valence-corrected chi connectivity index (χ3v) is 4.81. The van der Waals surface area contributed by atoms with Crippen LogP contribution in [0.4, 0.5) is 13.2 Å². The molecule has 28 heavy (non-hydrogen) atoms. The average Bonchev–Trinajstić information content (AvgIpc) is 2.58. The summed E-state index contributed by atoms with van der Waals surface area (Å²) in [5.41, 5.74) is 0.0719. The molecule has 1 aromatic heterocycles. The maximum absolute atomic E-state index is 12.7. The Hall–Kier alpha value is -2.17. The molecule has 1 saturated heterocycles. The van der Waals surface area contributed by atoms with Gasteiger partial charge in [-0.25, -0.2) is 4.98 Å². The fraction of sp³-hybridized carbons (Fsp3) is 0.556. The molecule has 0 unspecified atom stereocenters. The van der Waals surface area contributed by atoms with Crippen LogP contribution in [-0.2, 0) is 6.54 Å². The number of aromatic nitrogens is 2. The summed E-state index contributed by atoms with van der Waals surface area (Å²) >= 11 is 0. The van der Waals surface area contributed by atoms with Gasteiger partial charge in [0.05, 0.1) is 36.0 Å². The lowest BCUT2D eigenvalue weighted by atomic mass is 9.96. The minimum Gasteiger partial charge on any atom is -0.406 e. The zero-order valence-electron chi connectivity index (χ0n) is 15.2. The van der Waals surface area contributed by atoms with Crippen molar-refractivity contribution in [2.45, 2.75) is 57.3 Å². The van der Waals surface area contributed by atoms with Crippen LogP contribution in [0, 0.1) is 6.92 Å². The molecule has 3 atom stereocenters. The first-order valence-electron chi connectivity index (χ1n) is 8.99. The summed E-state index contributed by atoms with van der Waals surface area (Å²) < 4.78 is 42.6. The second kappa shape index (κ2) is 8.06. The number of aliphatic hydroxyl groups is 2. The molecule has 3 N–H and O–H groups in total. The Morgan fingerprint density at radius 2 is 2.18 bits per heavy atom. The monoisotopic (exact) mass is 401 g/mol. The molecule has 2 heterocycles. The molecule has 0 bridgehead atoms. The van der Waals surface area contributed by atoms with Gasteiger partial charge in [-0.05, 0) is 50.4 Å². The van der Waals surface area contributed by atoms with Gasteiger partial charge < -0.3 is 20.3 Å². The van der Waals surface area contributed by atoms with E-state index in [1.54, 1.807) is 0 Å². The molecule has 10 heteroatoms. The van der Waals surface area contributed by atoms with Gasteiger partial charge in [-0.15, -0.1) is 13.2 Å². The smallest absolute Gasteiger partial charge is 0.406 e. The van der Waals surface area contributed by atoms with Gasteiger partial charge in [0, 0.05) is 6.04 Å². The molecule has 7 nitrogen and oxygen atoms in total. The van der Waals surface area contributed by atoms with Crippen molar-refractivity contribution in [1.82, 2.24) is 14.9 Å². The predicted molar refractivity (Wildman–Crippen MR) is 95.1 cm³/mol. The number of aryl methyl sites for hydroxylation is 1. The number of rotatable bonds is 5. The molecule has 1 aromatic carbocycles. The highest BCUT2D eigenvalue weighted by molar-refractivity contribution is 5.82. The number of alkyl halides is 3. The number of piperidine rings is 1. The minimum absolute atomic E-state index is 0.0234. The van der Waals surface area contributed by atoms with E-state index in [2.05, 4.69) is 15.0 Å². The molecule has 1 aliphatic rings. The molecule has 154 valence electrons. The molecular weight excluding hydrogens is 379 g/mol. The Balaban J connectivity index is 1.83. The van der Waals surface area contributed by atoms with E-state index in [0.29, 0.717) is 12.0 Å². The van der Waals surface area contributed by atoms with Crippen molar-refractivity contribution in [2.75, 3.05) is 6.54 Å². The maximum atomic E-state index is 12.7. The number of benzene rings is 1. The molecule has 3 rings (SSSR count). The van der Waals surface area contributed by atoms with Gasteiger partial charge in [0.2, 0.25) is 0 Å². The van der Waals surface area contributed by atoms with E-state index in [9.17, 15) is 28.2 Å². The SMILES string of the molecule is Cc1cc(OC(F)(F)F)cc2c(=O)n(C[C@@H](O)C[C@H]3NCCC[C@@H]3O)cnc12. The van der Waals surface area contributed by atoms with Gasteiger partial charge in [-0.1, -0.05) is 0 Å². The summed E-state index contributed by atoms with van der Waals surface area (Å²) in [4.78, 5) is 16.8. The molecule has 0 amide bonds. The van der Waals surface area contributed by atoms with E-state index in [1.165, 1.54) is 13.3 Å². The number of nitrogens with one attached hydrogen (secondary N) is 1. The Bertz CT molecular complexity index is 900. The quantitative estimate of drug-likeness (QED) is 0.702. The largest absolute Gasteiger partial charge is 0.573 e. The van der Waals surface area contributed by atoms with E-state index < -0.39 is 29.9 Å². The number of hydrogen-bond donors (Lipinski definition) is 3. The summed E-state index contributed by atoms with van der Waals surface area (Å²) in [5, 5.41) is 23.4. The fourth-order valence-electron chi connectivity index (χ4n) is 3.51. The topological polar surface area (TPSA) is 96.6 Å². The van der Waals surface area contributed by atoms with Crippen LogP contribution in [0.15, 0.2) is 23.3 Å². The van der Waals surface area contributed by atoms with E-state index in [-0.39, 0.29) is 29.9 Å². The standard InChI is InChI=1S/C18H22F3N3O4/c1-10-5-12(28-18(19,20)21)7-13-16(10)23-9-24(17(13)27)8-11(25)6-14-15(26)3-2-4-22-14/h5,7,9,11,14-15,22,25-26H,2-4,6,8H2,1H3/t11-,14+,15-/m0/s1. The van der Waals surface area contributed by atoms with Crippen molar-refractivity contribution >= 4 is 10.9 Å². The van der Waals surface area contributed by atoms with Crippen LogP contribution < -0.4 is 15.6 Å². The Labute approximate surface area is 158 Å². The lowest BCUT2D eigenvalue weighted by molar-refractivity contribution is -0.274. The van der Waals surface area contributed by atoms with Crippen molar-refractivity contribution in [1.29, 1.82) is 0 Å². The Kier molecular flexibility index (Phi) is 5.92. The van der Waals surface area contributed by atoms with Crippen LogP contribution in [0.1, 0.15) is 24.8 Å². The van der Waals surface area contributed by atoms with E-state index >= 15 is 0 Å². The first kappa shape index (κ1) is 20.6. The average molecular weight is 401 g/mol. The van der Waals surface area contributed by atoms with Gasteiger partial charge >= 0.3 is 6.36 Å². The van der Waals surface area contributed by atoms with Crippen molar-refractivity contribution in [3.05, 3.63) is 34.4 Å². The highest BCUT2D eigenvalue weighted by atomic mass is 19.4. The number of aliphatic hydroxyl groups excluding tert-OH is 2. The molecule has 0 saturated carbocycles. The van der Waals surface area contributed by atoms with Crippen LogP contribution in [0.3, 0.4) is 0 Å². The van der Waals surface area contributed by atoms with Gasteiger partial charge in [0.1, 0.15) is 5.75 Å². The molecular formula is C18H22F3N3O4. The number of fused-ring (bicyclic) bond motifs is 1. The van der Waals surface area contributed by atoms with Crippen LogP contribution in [0.25, 0.3) is 10.9 Å². The van der Waals surface area contributed by atoms with Gasteiger partial charge in [-0.2, -0.15) is 0 Å². The summed E-state index contributed by atoms with van der Waals surface area (Å²) in [6, 6.07) is 1.89. The third-order valence-electron chi connectivity index (χ3n) is 4.81. The predicted octanol–water partition coefficient (Wildman–Crippen LogP) is 1.47. The van der Waals surface area contributed by atoms with Gasteiger partial charge in [0.25, 0.3) is 5.56 Å². The Morgan fingerprint density at radius 1 is 1.43 bits per heavy atom. The second-order valence-electron chi connectivity index (χ2n) is 7.05. The number of nitrogens with zero attached hydrogens (tertiary/aromatic N) is 2. The van der Waals surface area contributed by atoms with Crippen molar-refractivity contribution in [3.8, 4) is 5.75 Å². The summed E-state index contributed by atoms with van der Waals surface area (Å²) in [6.45, 7) is 2.19. The minimum atomic E-state index is -4.87. The maximum Gasteiger partial charge on any atom is 0.573 e. The van der Waals surface area contributed by atoms with Crippen LogP contribution >= 0.6 is 0 Å². The molecule has 1 fully saturated rings. The van der Waals surface area contributed by atoms with E-state index in [0.717, 1.165) is 29.7 Å². The van der Waals surface area contributed by atoms with Crippen molar-refractivity contribution in [2.24, 2.45) is 0 Å². The molecule has 1 aliphatic heterocycles. The highest BCUT2D eigenvalue weighted by Gasteiger charge is 2.31. The normalized spacial score (nSPS) is 21.6. The molecule has 0 aliphatic carbocycles. The first-order chi connectivity index (χ1) is 13.1.